The SMILES string of the molecule is Cn1nccc1-c1nc(Cl)ccc1Oc1cc(F)c(S(=O)(=O)N(C(=O)O)c2cscn2)cc1Cl. The van der Waals surface area contributed by atoms with Crippen LogP contribution in [-0.2, 0) is 17.1 Å². The molecular formula is C19H12Cl2FN5O5S2. The molecule has 3 heterocycles. The van der Waals surface area contributed by atoms with Gasteiger partial charge in [0.15, 0.2) is 11.6 Å². The van der Waals surface area contributed by atoms with Gasteiger partial charge in [-0.25, -0.2) is 27.6 Å². The van der Waals surface area contributed by atoms with Crippen molar-refractivity contribution in [2.45, 2.75) is 4.90 Å². The molecular weight excluding hydrogens is 532 g/mol. The van der Waals surface area contributed by atoms with E-state index in [-0.39, 0.29) is 31.7 Å². The fourth-order valence-corrected chi connectivity index (χ4v) is 5.25. The molecule has 0 unspecified atom stereocenters. The lowest BCUT2D eigenvalue weighted by Crippen LogP contribution is -2.36. The highest BCUT2D eigenvalue weighted by Crippen LogP contribution is 2.38. The molecule has 1 amide bonds. The summed E-state index contributed by atoms with van der Waals surface area (Å²) >= 11 is 13.2. The molecule has 176 valence electrons. The number of aryl methyl sites for hydroxylation is 1. The lowest BCUT2D eigenvalue weighted by molar-refractivity contribution is 0.206. The first kappa shape index (κ1) is 23.9. The Hall–Kier alpha value is -3.26. The van der Waals surface area contributed by atoms with Crippen LogP contribution in [0.4, 0.5) is 15.0 Å². The summed E-state index contributed by atoms with van der Waals surface area (Å²) < 4.78 is 48.1. The maximum atomic E-state index is 15.0. The second-order valence-electron chi connectivity index (χ2n) is 6.53. The topological polar surface area (TPSA) is 128 Å². The maximum Gasteiger partial charge on any atom is 0.427 e. The molecule has 1 aromatic carbocycles. The average Bonchev–Trinajstić information content (AvgIpc) is 3.43. The summed E-state index contributed by atoms with van der Waals surface area (Å²) in [7, 11) is -3.23. The van der Waals surface area contributed by atoms with E-state index in [9.17, 15) is 22.7 Å². The van der Waals surface area contributed by atoms with E-state index >= 15 is 0 Å². The minimum Gasteiger partial charge on any atom is -0.464 e. The normalized spacial score (nSPS) is 11.4. The van der Waals surface area contributed by atoms with E-state index in [1.54, 1.807) is 13.1 Å². The lowest BCUT2D eigenvalue weighted by Gasteiger charge is -2.18. The molecule has 4 aromatic rings. The smallest absolute Gasteiger partial charge is 0.427 e. The molecule has 0 atom stereocenters. The minimum atomic E-state index is -4.90. The second-order valence-corrected chi connectivity index (χ2v) is 9.80. The number of aromatic nitrogens is 4. The van der Waals surface area contributed by atoms with Gasteiger partial charge in [0, 0.05) is 24.7 Å². The summed E-state index contributed by atoms with van der Waals surface area (Å²) in [5.41, 5.74) is 2.05. The van der Waals surface area contributed by atoms with Crippen molar-refractivity contribution in [2.75, 3.05) is 4.31 Å². The molecule has 15 heteroatoms. The molecule has 0 saturated heterocycles. The number of halogens is 3. The number of rotatable bonds is 6. The van der Waals surface area contributed by atoms with Gasteiger partial charge in [-0.3, -0.25) is 4.68 Å². The van der Waals surface area contributed by atoms with Crippen molar-refractivity contribution in [2.24, 2.45) is 7.05 Å². The van der Waals surface area contributed by atoms with Gasteiger partial charge in [0.25, 0.3) is 10.0 Å². The van der Waals surface area contributed by atoms with E-state index in [0.717, 1.165) is 23.5 Å². The molecule has 34 heavy (non-hydrogen) atoms. The van der Waals surface area contributed by atoms with E-state index in [2.05, 4.69) is 15.1 Å². The number of thiazole rings is 1. The second kappa shape index (κ2) is 9.18. The number of pyridine rings is 1. The Labute approximate surface area is 205 Å². The Bertz CT molecular complexity index is 1490. The molecule has 0 radical (unpaired) electrons. The number of hydrogen-bond acceptors (Lipinski definition) is 8. The summed E-state index contributed by atoms with van der Waals surface area (Å²) in [4.78, 5) is 18.6. The van der Waals surface area contributed by atoms with Gasteiger partial charge in [0.05, 0.1) is 16.2 Å². The predicted octanol–water partition coefficient (Wildman–Crippen LogP) is 5.05. The van der Waals surface area contributed by atoms with E-state index in [1.807, 2.05) is 0 Å². The quantitative estimate of drug-likeness (QED) is 0.334. The number of ether oxygens (including phenoxy) is 1. The Morgan fingerprint density at radius 1 is 1.24 bits per heavy atom. The van der Waals surface area contributed by atoms with Gasteiger partial charge in [-0.15, -0.1) is 15.6 Å². The first-order chi connectivity index (χ1) is 16.1. The van der Waals surface area contributed by atoms with Gasteiger partial charge in [0.1, 0.15) is 27.3 Å². The summed E-state index contributed by atoms with van der Waals surface area (Å²) in [6.45, 7) is 0. The number of sulfonamides is 1. The fraction of sp³-hybridized carbons (Fsp3) is 0.0526. The van der Waals surface area contributed by atoms with Crippen LogP contribution in [0.2, 0.25) is 10.2 Å². The monoisotopic (exact) mass is 543 g/mol. The van der Waals surface area contributed by atoms with Gasteiger partial charge in [-0.1, -0.05) is 23.2 Å². The third-order valence-electron chi connectivity index (χ3n) is 4.41. The molecule has 0 aliphatic carbocycles. The molecule has 4 rings (SSSR count). The van der Waals surface area contributed by atoms with Gasteiger partial charge < -0.3 is 9.84 Å². The van der Waals surface area contributed by atoms with Crippen LogP contribution in [-0.4, -0.2) is 39.4 Å². The first-order valence-electron chi connectivity index (χ1n) is 9.08. The van der Waals surface area contributed by atoms with Gasteiger partial charge in [-0.2, -0.15) is 5.10 Å². The zero-order chi connectivity index (χ0) is 24.6. The zero-order valence-electron chi connectivity index (χ0n) is 16.9. The highest BCUT2D eigenvalue weighted by Gasteiger charge is 2.35. The van der Waals surface area contributed by atoms with Gasteiger partial charge in [0.2, 0.25) is 0 Å². The highest BCUT2D eigenvalue weighted by molar-refractivity contribution is 7.93. The van der Waals surface area contributed by atoms with Crippen molar-refractivity contribution < 1.29 is 27.4 Å². The number of benzene rings is 1. The van der Waals surface area contributed by atoms with Crippen molar-refractivity contribution in [1.29, 1.82) is 0 Å². The van der Waals surface area contributed by atoms with Crippen LogP contribution in [0.5, 0.6) is 11.5 Å². The Morgan fingerprint density at radius 2 is 2.00 bits per heavy atom. The molecule has 0 aliphatic rings. The highest BCUT2D eigenvalue weighted by atomic mass is 35.5. The van der Waals surface area contributed by atoms with Crippen LogP contribution in [0.3, 0.4) is 0 Å². The lowest BCUT2D eigenvalue weighted by atomic mass is 10.2. The summed E-state index contributed by atoms with van der Waals surface area (Å²) in [5.74, 6) is -1.79. The van der Waals surface area contributed by atoms with E-state index in [0.29, 0.717) is 5.69 Å². The molecule has 0 spiro atoms. The van der Waals surface area contributed by atoms with Crippen LogP contribution in [0.25, 0.3) is 11.4 Å². The largest absolute Gasteiger partial charge is 0.464 e. The van der Waals surface area contributed by atoms with Crippen molar-refractivity contribution in [1.82, 2.24) is 19.7 Å². The number of amides is 1. The van der Waals surface area contributed by atoms with E-state index in [4.69, 9.17) is 27.9 Å². The number of carbonyl (C=O) groups is 1. The Balaban J connectivity index is 1.76. The average molecular weight is 544 g/mol. The number of nitrogens with zero attached hydrogens (tertiary/aromatic N) is 5. The Kier molecular flexibility index (Phi) is 6.45. The van der Waals surface area contributed by atoms with Crippen LogP contribution in [0.1, 0.15) is 0 Å². The van der Waals surface area contributed by atoms with Gasteiger partial charge >= 0.3 is 6.09 Å². The van der Waals surface area contributed by atoms with Crippen LogP contribution < -0.4 is 9.04 Å². The van der Waals surface area contributed by atoms with Crippen molar-refractivity contribution in [3.05, 3.63) is 63.4 Å². The standard InChI is InChI=1S/C19H12Cl2FN5O5S2/c1-26-12(4-5-24-26)18-13(2-3-16(21)25-18)32-14-7-11(22)15(6-10(14)20)34(30,31)27(19(28)29)17-8-33-9-23-17/h2-9H,1H3,(H,28,29). The number of hydrogen-bond donors (Lipinski definition) is 1. The maximum absolute atomic E-state index is 15.0. The summed E-state index contributed by atoms with van der Waals surface area (Å²) in [6, 6.07) is 6.07. The number of carboxylic acid groups (broad SMARTS) is 1. The van der Waals surface area contributed by atoms with Crippen molar-refractivity contribution >= 4 is 56.5 Å². The third-order valence-corrected chi connectivity index (χ3v) is 7.19. The molecule has 0 aliphatic heterocycles. The van der Waals surface area contributed by atoms with Crippen molar-refractivity contribution in [3.63, 3.8) is 0 Å². The molecule has 0 saturated carbocycles. The van der Waals surface area contributed by atoms with Crippen LogP contribution >= 0.6 is 34.5 Å². The summed E-state index contributed by atoms with van der Waals surface area (Å²) in [5, 5.41) is 14.5. The molecule has 10 nitrogen and oxygen atoms in total. The van der Waals surface area contributed by atoms with Crippen LogP contribution in [0, 0.1) is 5.82 Å². The zero-order valence-corrected chi connectivity index (χ0v) is 20.0. The third kappa shape index (κ3) is 4.42. The number of anilines is 1. The molecule has 0 fully saturated rings. The minimum absolute atomic E-state index is 0.0393. The molecule has 0 bridgehead atoms. The van der Waals surface area contributed by atoms with E-state index in [1.165, 1.54) is 33.9 Å². The predicted molar refractivity (Wildman–Crippen MR) is 123 cm³/mol. The molecule has 3 aromatic heterocycles. The fourth-order valence-electron chi connectivity index (χ4n) is 2.93. The van der Waals surface area contributed by atoms with Crippen molar-refractivity contribution in [3.8, 4) is 22.9 Å². The van der Waals surface area contributed by atoms with Gasteiger partial charge in [-0.05, 0) is 24.3 Å². The first-order valence-corrected chi connectivity index (χ1v) is 12.2. The van der Waals surface area contributed by atoms with Crippen LogP contribution in [0.15, 0.2) is 52.3 Å². The van der Waals surface area contributed by atoms with E-state index < -0.39 is 32.6 Å². The summed E-state index contributed by atoms with van der Waals surface area (Å²) in [6.07, 6.45) is -0.334. The molecule has 1 N–H and O–H groups in total. The Morgan fingerprint density at radius 3 is 2.62 bits per heavy atom.